The minimum atomic E-state index is -0.00266. The monoisotopic (exact) mass is 364 g/mol. The maximum atomic E-state index is 12.6. The molecule has 1 aromatic carbocycles. The van der Waals surface area contributed by atoms with Crippen LogP contribution in [0.3, 0.4) is 0 Å². The Bertz CT molecular complexity index is 1030. The van der Waals surface area contributed by atoms with E-state index in [2.05, 4.69) is 55.0 Å². The first-order valence-corrected chi connectivity index (χ1v) is 10.1. The summed E-state index contributed by atoms with van der Waals surface area (Å²) in [4.78, 5) is 22.4. The third kappa shape index (κ3) is 3.26. The summed E-state index contributed by atoms with van der Waals surface area (Å²) >= 11 is 1.69. The molecule has 0 spiro atoms. The molecule has 0 fully saturated rings. The van der Waals surface area contributed by atoms with Crippen LogP contribution < -0.4 is 5.56 Å². The zero-order valence-electron chi connectivity index (χ0n) is 15.6. The standard InChI is InChI=1S/C22H24N2OS/c1-22(2,3)15-11-8-14(9-12-15)10-13-18-23-20(25)19-16-6-4-5-7-17(16)26-21(19)24-18/h8-13H,4-7H2,1-3H3,(H,23,24,25). The fourth-order valence-electron chi connectivity index (χ4n) is 3.53. The van der Waals surface area contributed by atoms with Gasteiger partial charge in [0.1, 0.15) is 10.7 Å². The number of H-pyrrole nitrogens is 1. The van der Waals surface area contributed by atoms with Gasteiger partial charge in [0.2, 0.25) is 0 Å². The molecule has 2 aromatic heterocycles. The van der Waals surface area contributed by atoms with Crippen molar-refractivity contribution >= 4 is 33.7 Å². The molecule has 1 aliphatic carbocycles. The molecule has 0 atom stereocenters. The van der Waals surface area contributed by atoms with Crippen molar-refractivity contribution in [3.8, 4) is 0 Å². The third-order valence-corrected chi connectivity index (χ3v) is 6.24. The van der Waals surface area contributed by atoms with Crippen molar-refractivity contribution in [1.29, 1.82) is 0 Å². The fraction of sp³-hybridized carbons (Fsp3) is 0.364. The van der Waals surface area contributed by atoms with Crippen molar-refractivity contribution in [3.05, 3.63) is 62.0 Å². The van der Waals surface area contributed by atoms with Gasteiger partial charge in [0, 0.05) is 4.88 Å². The lowest BCUT2D eigenvalue weighted by Gasteiger charge is -2.18. The highest BCUT2D eigenvalue weighted by Crippen LogP contribution is 2.33. The van der Waals surface area contributed by atoms with E-state index in [-0.39, 0.29) is 11.0 Å². The number of hydrogen-bond acceptors (Lipinski definition) is 3. The van der Waals surface area contributed by atoms with Crippen LogP contribution in [0.4, 0.5) is 0 Å². The SMILES string of the molecule is CC(C)(C)c1ccc(C=Cc2nc3sc4c(c3c(=O)[nH]2)CCCC4)cc1. The molecule has 4 rings (SSSR count). The largest absolute Gasteiger partial charge is 0.306 e. The summed E-state index contributed by atoms with van der Waals surface area (Å²) in [6, 6.07) is 8.54. The van der Waals surface area contributed by atoms with Crippen LogP contribution in [-0.4, -0.2) is 9.97 Å². The van der Waals surface area contributed by atoms with Crippen molar-refractivity contribution in [2.45, 2.75) is 51.9 Å². The Morgan fingerprint density at radius 2 is 1.81 bits per heavy atom. The molecule has 0 amide bonds. The van der Waals surface area contributed by atoms with Crippen molar-refractivity contribution in [2.24, 2.45) is 0 Å². The molecule has 0 unspecified atom stereocenters. The van der Waals surface area contributed by atoms with E-state index in [0.29, 0.717) is 5.82 Å². The highest BCUT2D eigenvalue weighted by Gasteiger charge is 2.19. The lowest BCUT2D eigenvalue weighted by atomic mass is 9.87. The molecule has 0 aliphatic heterocycles. The molecule has 1 N–H and O–H groups in total. The number of aromatic nitrogens is 2. The topological polar surface area (TPSA) is 45.8 Å². The van der Waals surface area contributed by atoms with Gasteiger partial charge in [0.25, 0.3) is 5.56 Å². The average Bonchev–Trinajstić information content (AvgIpc) is 2.98. The van der Waals surface area contributed by atoms with Crippen molar-refractivity contribution in [3.63, 3.8) is 0 Å². The van der Waals surface area contributed by atoms with Crippen LogP contribution in [0.25, 0.3) is 22.4 Å². The number of benzene rings is 1. The van der Waals surface area contributed by atoms with Gasteiger partial charge in [-0.2, -0.15) is 0 Å². The first-order valence-electron chi connectivity index (χ1n) is 9.25. The summed E-state index contributed by atoms with van der Waals surface area (Å²) in [6.45, 7) is 6.63. The van der Waals surface area contributed by atoms with Gasteiger partial charge in [-0.15, -0.1) is 11.3 Å². The number of hydrogen-bond donors (Lipinski definition) is 1. The maximum absolute atomic E-state index is 12.6. The van der Waals surface area contributed by atoms with Crippen molar-refractivity contribution < 1.29 is 0 Å². The molecule has 134 valence electrons. The number of aromatic amines is 1. The van der Waals surface area contributed by atoms with Gasteiger partial charge in [0.15, 0.2) is 0 Å². The van der Waals surface area contributed by atoms with E-state index in [1.165, 1.54) is 28.8 Å². The van der Waals surface area contributed by atoms with Crippen LogP contribution in [0, 0.1) is 0 Å². The van der Waals surface area contributed by atoms with Crippen molar-refractivity contribution in [2.75, 3.05) is 0 Å². The van der Waals surface area contributed by atoms with Crippen LogP contribution in [-0.2, 0) is 18.3 Å². The molecule has 0 bridgehead atoms. The zero-order valence-corrected chi connectivity index (χ0v) is 16.4. The molecule has 1 aliphatic rings. The number of rotatable bonds is 2. The Hall–Kier alpha value is -2.20. The molecule has 2 heterocycles. The number of nitrogens with zero attached hydrogens (tertiary/aromatic N) is 1. The summed E-state index contributed by atoms with van der Waals surface area (Å²) < 4.78 is 0. The summed E-state index contributed by atoms with van der Waals surface area (Å²) in [5.41, 5.74) is 3.80. The Morgan fingerprint density at radius 1 is 1.08 bits per heavy atom. The van der Waals surface area contributed by atoms with Gasteiger partial charge in [-0.1, -0.05) is 51.1 Å². The summed E-state index contributed by atoms with van der Waals surface area (Å²) in [5.74, 6) is 0.626. The van der Waals surface area contributed by atoms with E-state index >= 15 is 0 Å². The van der Waals surface area contributed by atoms with E-state index in [1.807, 2.05) is 12.2 Å². The van der Waals surface area contributed by atoms with Crippen molar-refractivity contribution in [1.82, 2.24) is 9.97 Å². The number of nitrogens with one attached hydrogen (secondary N) is 1. The Morgan fingerprint density at radius 3 is 2.54 bits per heavy atom. The van der Waals surface area contributed by atoms with E-state index in [4.69, 9.17) is 0 Å². The summed E-state index contributed by atoms with van der Waals surface area (Å²) in [5, 5.41) is 0.816. The fourth-order valence-corrected chi connectivity index (χ4v) is 4.80. The molecule has 26 heavy (non-hydrogen) atoms. The first kappa shape index (κ1) is 17.2. The maximum Gasteiger partial charge on any atom is 0.260 e. The van der Waals surface area contributed by atoms with Gasteiger partial charge in [0.05, 0.1) is 5.39 Å². The molecule has 3 nitrogen and oxygen atoms in total. The lowest BCUT2D eigenvalue weighted by Crippen LogP contribution is -2.11. The highest BCUT2D eigenvalue weighted by atomic mass is 32.1. The Labute approximate surface area is 157 Å². The second-order valence-corrected chi connectivity index (χ2v) is 9.13. The normalized spacial score (nSPS) is 14.9. The quantitative estimate of drug-likeness (QED) is 0.668. The first-order chi connectivity index (χ1) is 12.4. The minimum Gasteiger partial charge on any atom is -0.306 e. The predicted molar refractivity (Wildman–Crippen MR) is 111 cm³/mol. The lowest BCUT2D eigenvalue weighted by molar-refractivity contribution is 0.590. The van der Waals surface area contributed by atoms with E-state index < -0.39 is 0 Å². The van der Waals surface area contributed by atoms with Gasteiger partial charge in [-0.3, -0.25) is 4.79 Å². The van der Waals surface area contributed by atoms with Gasteiger partial charge >= 0.3 is 0 Å². The van der Waals surface area contributed by atoms with E-state index in [0.717, 1.165) is 28.6 Å². The number of fused-ring (bicyclic) bond motifs is 3. The molecule has 3 aromatic rings. The molecule has 0 saturated heterocycles. The van der Waals surface area contributed by atoms with Gasteiger partial charge < -0.3 is 4.98 Å². The second kappa shape index (κ2) is 6.51. The van der Waals surface area contributed by atoms with E-state index in [1.54, 1.807) is 11.3 Å². The number of aryl methyl sites for hydroxylation is 2. The molecule has 0 saturated carbocycles. The van der Waals surface area contributed by atoms with Crippen LogP contribution >= 0.6 is 11.3 Å². The average molecular weight is 365 g/mol. The van der Waals surface area contributed by atoms with Gasteiger partial charge in [-0.25, -0.2) is 4.98 Å². The second-order valence-electron chi connectivity index (χ2n) is 8.05. The molecule has 0 radical (unpaired) electrons. The molecular formula is C22H24N2OS. The Balaban J connectivity index is 1.65. The smallest absolute Gasteiger partial charge is 0.260 e. The van der Waals surface area contributed by atoms with Crippen LogP contribution in [0.15, 0.2) is 29.1 Å². The van der Waals surface area contributed by atoms with E-state index in [9.17, 15) is 4.79 Å². The van der Waals surface area contributed by atoms with Gasteiger partial charge in [-0.05, 0) is 53.9 Å². The van der Waals surface area contributed by atoms with Crippen LogP contribution in [0.2, 0.25) is 0 Å². The summed E-state index contributed by atoms with van der Waals surface area (Å²) in [7, 11) is 0. The Kier molecular flexibility index (Phi) is 4.31. The highest BCUT2D eigenvalue weighted by molar-refractivity contribution is 7.18. The molecular weight excluding hydrogens is 340 g/mol. The van der Waals surface area contributed by atoms with Crippen LogP contribution in [0.5, 0.6) is 0 Å². The minimum absolute atomic E-state index is 0.00266. The number of thiophene rings is 1. The summed E-state index contributed by atoms with van der Waals surface area (Å²) in [6.07, 6.45) is 8.38. The predicted octanol–water partition coefficient (Wildman–Crippen LogP) is 5.33. The van der Waals surface area contributed by atoms with Crippen LogP contribution in [0.1, 0.15) is 61.0 Å². The molecule has 4 heteroatoms. The third-order valence-electron chi connectivity index (χ3n) is 5.05. The zero-order chi connectivity index (χ0) is 18.3.